The molecule has 0 aromatic heterocycles. The van der Waals surface area contributed by atoms with E-state index in [-0.39, 0.29) is 12.2 Å². The van der Waals surface area contributed by atoms with E-state index in [2.05, 4.69) is 0 Å². The van der Waals surface area contributed by atoms with Gasteiger partial charge in [-0.25, -0.2) is 9.59 Å². The third-order valence-corrected chi connectivity index (χ3v) is 2.29. The molecule has 17 heavy (non-hydrogen) atoms. The molecule has 1 aliphatic heterocycles. The third-order valence-electron chi connectivity index (χ3n) is 2.29. The van der Waals surface area contributed by atoms with Crippen LogP contribution in [-0.4, -0.2) is 23.7 Å². The maximum Gasteiger partial charge on any atom is 0.342 e. The van der Waals surface area contributed by atoms with Gasteiger partial charge in [0.25, 0.3) is 0 Å². The van der Waals surface area contributed by atoms with Gasteiger partial charge in [0.15, 0.2) is 6.61 Å². The highest BCUT2D eigenvalue weighted by molar-refractivity contribution is 6.17. The first-order valence-corrected chi connectivity index (χ1v) is 4.97. The van der Waals surface area contributed by atoms with Gasteiger partial charge in [0.1, 0.15) is 12.2 Å². The average Bonchev–Trinajstić information content (AvgIpc) is 2.32. The van der Waals surface area contributed by atoms with Crippen molar-refractivity contribution in [1.29, 1.82) is 0 Å². The quantitative estimate of drug-likeness (QED) is 0.483. The largest absolute Gasteiger partial charge is 0.489 e. The Morgan fingerprint density at radius 1 is 1.47 bits per heavy atom. The third kappa shape index (κ3) is 2.44. The predicted molar refractivity (Wildman–Crippen MR) is 57.8 cm³/mol. The van der Waals surface area contributed by atoms with Crippen LogP contribution in [0.4, 0.5) is 0 Å². The van der Waals surface area contributed by atoms with E-state index in [1.165, 1.54) is 0 Å². The lowest BCUT2D eigenvalue weighted by Crippen LogP contribution is -2.16. The van der Waals surface area contributed by atoms with Crippen molar-refractivity contribution < 1.29 is 24.2 Å². The van der Waals surface area contributed by atoms with E-state index in [0.29, 0.717) is 5.56 Å². The molecule has 0 aliphatic carbocycles. The number of rotatable bonds is 3. The Hall–Kier alpha value is -2.30. The van der Waals surface area contributed by atoms with E-state index in [4.69, 9.17) is 14.6 Å². The van der Waals surface area contributed by atoms with Crippen LogP contribution in [0.15, 0.2) is 30.5 Å². The number of cyclic esters (lactones) is 1. The lowest BCUT2D eigenvalue weighted by atomic mass is 9.99. The molecule has 0 saturated carbocycles. The lowest BCUT2D eigenvalue weighted by Gasteiger charge is -2.17. The Morgan fingerprint density at radius 2 is 2.24 bits per heavy atom. The minimum atomic E-state index is -1.10. The summed E-state index contributed by atoms with van der Waals surface area (Å²) < 4.78 is 9.74. The molecule has 88 valence electrons. The molecule has 2 rings (SSSR count). The monoisotopic (exact) mass is 234 g/mol. The average molecular weight is 234 g/mol. The zero-order chi connectivity index (χ0) is 12.3. The molecule has 1 heterocycles. The number of fused-ring (bicyclic) bond motifs is 1. The molecule has 1 N–H and O–H groups in total. The number of carbonyl (C=O) groups is 2. The maximum atomic E-state index is 11.5. The van der Waals surface area contributed by atoms with Crippen molar-refractivity contribution in [1.82, 2.24) is 0 Å². The number of carboxylic acids is 1. The molecule has 0 saturated heterocycles. The van der Waals surface area contributed by atoms with Crippen molar-refractivity contribution in [2.45, 2.75) is 6.61 Å². The fraction of sp³-hybridized carbons (Fsp3) is 0.167. The molecule has 0 radical (unpaired) electrons. The number of hydrogen-bond acceptors (Lipinski definition) is 4. The topological polar surface area (TPSA) is 72.8 Å². The Kier molecular flexibility index (Phi) is 3.09. The minimum Gasteiger partial charge on any atom is -0.489 e. The Morgan fingerprint density at radius 3 is 3.00 bits per heavy atom. The van der Waals surface area contributed by atoms with Crippen molar-refractivity contribution in [2.24, 2.45) is 0 Å². The van der Waals surface area contributed by atoms with E-state index in [1.807, 2.05) is 12.1 Å². The summed E-state index contributed by atoms with van der Waals surface area (Å²) in [6, 6.07) is 7.24. The second-order valence-corrected chi connectivity index (χ2v) is 3.47. The van der Waals surface area contributed by atoms with Crippen molar-refractivity contribution >= 4 is 17.5 Å². The van der Waals surface area contributed by atoms with Crippen molar-refractivity contribution in [3.63, 3.8) is 0 Å². The van der Waals surface area contributed by atoms with Crippen molar-refractivity contribution in [3.8, 4) is 0 Å². The summed E-state index contributed by atoms with van der Waals surface area (Å²) >= 11 is 0. The van der Waals surface area contributed by atoms with Gasteiger partial charge in [-0.05, 0) is 11.1 Å². The van der Waals surface area contributed by atoms with Crippen LogP contribution in [0.2, 0.25) is 0 Å². The highest BCUT2D eigenvalue weighted by atomic mass is 16.5. The molecule has 1 aromatic rings. The van der Waals surface area contributed by atoms with Gasteiger partial charge in [0.05, 0.1) is 6.26 Å². The van der Waals surface area contributed by atoms with Gasteiger partial charge in [-0.2, -0.15) is 0 Å². The van der Waals surface area contributed by atoms with Crippen LogP contribution >= 0.6 is 0 Å². The van der Waals surface area contributed by atoms with Gasteiger partial charge in [-0.3, -0.25) is 0 Å². The van der Waals surface area contributed by atoms with Crippen LogP contribution in [0, 0.1) is 0 Å². The van der Waals surface area contributed by atoms with Crippen LogP contribution < -0.4 is 0 Å². The molecule has 0 amide bonds. The summed E-state index contributed by atoms with van der Waals surface area (Å²) in [6.07, 6.45) is 1.13. The maximum absolute atomic E-state index is 11.5. The summed E-state index contributed by atoms with van der Waals surface area (Å²) in [5.74, 6) is -1.60. The highest BCUT2D eigenvalue weighted by Gasteiger charge is 2.22. The standard InChI is InChI=1S/C12H10O5/c13-11(14)7-16-6-10-9-4-2-1-3-8(9)5-17-12(10)15/h1-4,6H,5,7H2,(H,13,14)/b10-6-. The summed E-state index contributed by atoms with van der Waals surface area (Å²) in [5, 5.41) is 8.43. The minimum absolute atomic E-state index is 0.227. The van der Waals surface area contributed by atoms with E-state index in [9.17, 15) is 9.59 Å². The molecular formula is C12H10O5. The smallest absolute Gasteiger partial charge is 0.342 e. The normalized spacial score (nSPS) is 16.2. The molecular weight excluding hydrogens is 224 g/mol. The second-order valence-electron chi connectivity index (χ2n) is 3.47. The van der Waals surface area contributed by atoms with Gasteiger partial charge in [-0.1, -0.05) is 24.3 Å². The number of ether oxygens (including phenoxy) is 2. The van der Waals surface area contributed by atoms with Crippen molar-refractivity contribution in [3.05, 3.63) is 41.7 Å². The van der Waals surface area contributed by atoms with Gasteiger partial charge in [0, 0.05) is 0 Å². The molecule has 0 spiro atoms. The molecule has 0 unspecified atom stereocenters. The van der Waals surface area contributed by atoms with Crippen molar-refractivity contribution in [2.75, 3.05) is 6.61 Å². The van der Waals surface area contributed by atoms with Gasteiger partial charge in [0.2, 0.25) is 0 Å². The van der Waals surface area contributed by atoms with Crippen LogP contribution in [0.3, 0.4) is 0 Å². The molecule has 5 nitrogen and oxygen atoms in total. The fourth-order valence-corrected chi connectivity index (χ4v) is 1.55. The molecule has 5 heteroatoms. The predicted octanol–water partition coefficient (Wildman–Crippen LogP) is 1.19. The Labute approximate surface area is 97.3 Å². The van der Waals surface area contributed by atoms with Gasteiger partial charge in [-0.15, -0.1) is 0 Å². The van der Waals surface area contributed by atoms with Crippen LogP contribution in [0.1, 0.15) is 11.1 Å². The number of aliphatic carboxylic acids is 1. The molecule has 0 fully saturated rings. The van der Waals surface area contributed by atoms with Gasteiger partial charge < -0.3 is 14.6 Å². The highest BCUT2D eigenvalue weighted by Crippen LogP contribution is 2.26. The molecule has 0 atom stereocenters. The first-order chi connectivity index (χ1) is 8.18. The van der Waals surface area contributed by atoms with Crippen LogP contribution in [0.5, 0.6) is 0 Å². The summed E-state index contributed by atoms with van der Waals surface area (Å²) in [5.41, 5.74) is 1.83. The van der Waals surface area contributed by atoms with E-state index < -0.39 is 18.5 Å². The Bertz CT molecular complexity index is 489. The fourth-order valence-electron chi connectivity index (χ4n) is 1.55. The molecule has 1 aliphatic rings. The van der Waals surface area contributed by atoms with Crippen LogP contribution in [-0.2, 0) is 25.7 Å². The number of carbonyl (C=O) groups excluding carboxylic acids is 1. The van der Waals surface area contributed by atoms with E-state index in [0.717, 1.165) is 11.8 Å². The Balaban J connectivity index is 2.26. The zero-order valence-corrected chi connectivity index (χ0v) is 8.88. The summed E-state index contributed by atoms with van der Waals surface area (Å²) in [7, 11) is 0. The first kappa shape index (κ1) is 11.2. The van der Waals surface area contributed by atoms with E-state index in [1.54, 1.807) is 12.1 Å². The number of esters is 1. The number of carboxylic acid groups (broad SMARTS) is 1. The van der Waals surface area contributed by atoms with Gasteiger partial charge >= 0.3 is 11.9 Å². The number of benzene rings is 1. The summed E-state index contributed by atoms with van der Waals surface area (Å²) in [4.78, 5) is 21.8. The SMILES string of the molecule is O=C(O)CO/C=C1\C(=O)OCc2ccccc21. The lowest BCUT2D eigenvalue weighted by molar-refractivity contribution is -0.141. The summed E-state index contributed by atoms with van der Waals surface area (Å²) in [6.45, 7) is -0.260. The van der Waals surface area contributed by atoms with E-state index >= 15 is 0 Å². The number of hydrogen-bond donors (Lipinski definition) is 1. The zero-order valence-electron chi connectivity index (χ0n) is 8.88. The second kappa shape index (κ2) is 4.69. The molecule has 1 aromatic carbocycles. The molecule has 0 bridgehead atoms. The van der Waals surface area contributed by atoms with Crippen LogP contribution in [0.25, 0.3) is 5.57 Å². The first-order valence-electron chi connectivity index (χ1n) is 4.97.